The van der Waals surface area contributed by atoms with Crippen molar-refractivity contribution in [1.82, 2.24) is 4.31 Å². The molecular formula is C13H16ClNO3S. The average Bonchev–Trinajstić information content (AvgIpc) is 2.38. The lowest BCUT2D eigenvalue weighted by molar-refractivity contribution is -0.121. The first-order valence-corrected chi connectivity index (χ1v) is 8.02. The van der Waals surface area contributed by atoms with Crippen LogP contribution in [0.5, 0.6) is 0 Å². The maximum atomic E-state index is 12.6. The molecule has 1 saturated heterocycles. The molecule has 0 N–H and O–H groups in total. The first-order chi connectivity index (χ1) is 8.93. The number of hydrogen-bond acceptors (Lipinski definition) is 3. The molecule has 0 aliphatic carbocycles. The molecule has 1 atom stereocenters. The van der Waals surface area contributed by atoms with Gasteiger partial charge in [-0.2, -0.15) is 4.31 Å². The van der Waals surface area contributed by atoms with E-state index >= 15 is 0 Å². The topological polar surface area (TPSA) is 54.5 Å². The van der Waals surface area contributed by atoms with Crippen molar-refractivity contribution in [3.63, 3.8) is 0 Å². The van der Waals surface area contributed by atoms with E-state index in [9.17, 15) is 13.2 Å². The fourth-order valence-electron chi connectivity index (χ4n) is 2.36. The summed E-state index contributed by atoms with van der Waals surface area (Å²) in [4.78, 5) is 11.8. The Hall–Kier alpha value is -0.910. The Balaban J connectivity index is 2.40. The van der Waals surface area contributed by atoms with E-state index in [1.54, 1.807) is 12.1 Å². The highest BCUT2D eigenvalue weighted by atomic mass is 35.5. The fourth-order valence-corrected chi connectivity index (χ4v) is 4.37. The number of Topliss-reactive ketones (excluding diaryl/α,β-unsaturated/α-hetero) is 1. The van der Waals surface area contributed by atoms with Crippen molar-refractivity contribution in [2.75, 3.05) is 6.54 Å². The van der Waals surface area contributed by atoms with Gasteiger partial charge in [-0.25, -0.2) is 8.42 Å². The molecule has 4 nitrogen and oxygen atoms in total. The number of rotatable bonds is 3. The molecule has 1 aliphatic heterocycles. The zero-order chi connectivity index (χ0) is 14.0. The van der Waals surface area contributed by atoms with Gasteiger partial charge < -0.3 is 0 Å². The van der Waals surface area contributed by atoms with Gasteiger partial charge in [-0.05, 0) is 38.0 Å². The van der Waals surface area contributed by atoms with Crippen LogP contribution in [0.1, 0.15) is 26.2 Å². The predicted octanol–water partition coefficient (Wildman–Crippen LogP) is 2.47. The van der Waals surface area contributed by atoms with E-state index in [0.29, 0.717) is 18.0 Å². The molecule has 0 bridgehead atoms. The van der Waals surface area contributed by atoms with Crippen LogP contribution in [0.15, 0.2) is 29.2 Å². The highest BCUT2D eigenvalue weighted by Gasteiger charge is 2.35. The van der Waals surface area contributed by atoms with Gasteiger partial charge in [0.2, 0.25) is 10.0 Å². The smallest absolute Gasteiger partial charge is 0.243 e. The summed E-state index contributed by atoms with van der Waals surface area (Å²) in [7, 11) is -3.65. The molecule has 6 heteroatoms. The van der Waals surface area contributed by atoms with Gasteiger partial charge in [-0.3, -0.25) is 4.79 Å². The molecule has 0 radical (unpaired) electrons. The lowest BCUT2D eigenvalue weighted by atomic mass is 10.0. The fraction of sp³-hybridized carbons (Fsp3) is 0.462. The molecule has 0 aromatic heterocycles. The Labute approximate surface area is 118 Å². The number of ketones is 1. The first kappa shape index (κ1) is 14.5. The van der Waals surface area contributed by atoms with E-state index in [2.05, 4.69) is 0 Å². The molecule has 2 rings (SSSR count). The minimum atomic E-state index is -3.65. The van der Waals surface area contributed by atoms with Crippen molar-refractivity contribution in [3.8, 4) is 0 Å². The van der Waals surface area contributed by atoms with Crippen LogP contribution in [0.3, 0.4) is 0 Å². The molecule has 1 unspecified atom stereocenters. The zero-order valence-electron chi connectivity index (χ0n) is 10.7. The number of hydrogen-bond donors (Lipinski definition) is 0. The summed E-state index contributed by atoms with van der Waals surface area (Å²) in [6, 6.07) is 5.61. The van der Waals surface area contributed by atoms with Crippen molar-refractivity contribution >= 4 is 27.4 Å². The molecule has 104 valence electrons. The molecule has 0 saturated carbocycles. The molecule has 1 heterocycles. The number of piperidine rings is 1. The third-order valence-corrected chi connectivity index (χ3v) is 5.46. The van der Waals surface area contributed by atoms with Gasteiger partial charge in [-0.1, -0.05) is 24.1 Å². The monoisotopic (exact) mass is 301 g/mol. The van der Waals surface area contributed by atoms with Crippen LogP contribution in [-0.4, -0.2) is 31.1 Å². The van der Waals surface area contributed by atoms with Crippen LogP contribution in [0.4, 0.5) is 0 Å². The Bertz CT molecular complexity index is 585. The van der Waals surface area contributed by atoms with Crippen molar-refractivity contribution in [2.45, 2.75) is 37.1 Å². The lowest BCUT2D eigenvalue weighted by Crippen LogP contribution is -2.47. The van der Waals surface area contributed by atoms with Gasteiger partial charge >= 0.3 is 0 Å². The number of benzene rings is 1. The molecule has 1 aromatic rings. The maximum absolute atomic E-state index is 12.6. The minimum Gasteiger partial charge on any atom is -0.298 e. The van der Waals surface area contributed by atoms with Gasteiger partial charge in [0.25, 0.3) is 0 Å². The van der Waals surface area contributed by atoms with Crippen molar-refractivity contribution < 1.29 is 13.2 Å². The van der Waals surface area contributed by atoms with Crippen LogP contribution >= 0.6 is 11.6 Å². The normalized spacial score (nSPS) is 21.3. The van der Waals surface area contributed by atoms with Gasteiger partial charge in [0.1, 0.15) is 5.78 Å². The number of carbonyl (C=O) groups excluding carboxylic acids is 1. The van der Waals surface area contributed by atoms with E-state index in [1.807, 2.05) is 0 Å². The van der Waals surface area contributed by atoms with E-state index in [4.69, 9.17) is 11.6 Å². The van der Waals surface area contributed by atoms with E-state index in [0.717, 1.165) is 12.8 Å². The number of carbonyl (C=O) groups is 1. The van der Waals surface area contributed by atoms with Crippen LogP contribution in [0.2, 0.25) is 5.02 Å². The average molecular weight is 302 g/mol. The summed E-state index contributed by atoms with van der Waals surface area (Å²) >= 11 is 5.84. The van der Waals surface area contributed by atoms with Crippen LogP contribution in [0.25, 0.3) is 0 Å². The summed E-state index contributed by atoms with van der Waals surface area (Å²) < 4.78 is 26.4. The van der Waals surface area contributed by atoms with E-state index in [1.165, 1.54) is 23.4 Å². The lowest BCUT2D eigenvalue weighted by Gasteiger charge is -2.33. The number of sulfonamides is 1. The third kappa shape index (κ3) is 2.99. The highest BCUT2D eigenvalue weighted by molar-refractivity contribution is 7.89. The maximum Gasteiger partial charge on any atom is 0.243 e. The summed E-state index contributed by atoms with van der Waals surface area (Å²) in [6.07, 6.45) is 2.25. The van der Waals surface area contributed by atoms with Crippen LogP contribution in [0, 0.1) is 0 Å². The van der Waals surface area contributed by atoms with E-state index in [-0.39, 0.29) is 10.7 Å². The molecule has 1 aromatic carbocycles. The van der Waals surface area contributed by atoms with Crippen molar-refractivity contribution in [3.05, 3.63) is 29.3 Å². The Kier molecular flexibility index (Phi) is 4.28. The second-order valence-corrected chi connectivity index (χ2v) is 7.02. The van der Waals surface area contributed by atoms with Crippen molar-refractivity contribution in [1.29, 1.82) is 0 Å². The molecule has 19 heavy (non-hydrogen) atoms. The summed E-state index contributed by atoms with van der Waals surface area (Å²) in [5.74, 6) is -0.106. The minimum absolute atomic E-state index is 0.106. The second-order valence-electron chi connectivity index (χ2n) is 4.70. The molecule has 0 spiro atoms. The molecular weight excluding hydrogens is 286 g/mol. The first-order valence-electron chi connectivity index (χ1n) is 6.21. The van der Waals surface area contributed by atoms with Gasteiger partial charge in [0, 0.05) is 11.6 Å². The zero-order valence-corrected chi connectivity index (χ0v) is 12.2. The Morgan fingerprint density at radius 3 is 2.74 bits per heavy atom. The van der Waals surface area contributed by atoms with Gasteiger partial charge in [0.15, 0.2) is 0 Å². The van der Waals surface area contributed by atoms with Gasteiger partial charge in [-0.15, -0.1) is 0 Å². The Morgan fingerprint density at radius 1 is 1.37 bits per heavy atom. The van der Waals surface area contributed by atoms with Crippen molar-refractivity contribution in [2.24, 2.45) is 0 Å². The standard InChI is InChI=1S/C13H16ClNO3S/c1-10(16)13-7-2-3-8-15(13)19(17,18)12-6-4-5-11(14)9-12/h4-6,9,13H,2-3,7-8H2,1H3. The number of halogens is 1. The van der Waals surface area contributed by atoms with Gasteiger partial charge in [0.05, 0.1) is 10.9 Å². The SMILES string of the molecule is CC(=O)C1CCCCN1S(=O)(=O)c1cccc(Cl)c1. The van der Waals surface area contributed by atoms with E-state index < -0.39 is 16.1 Å². The predicted molar refractivity (Wildman–Crippen MR) is 73.7 cm³/mol. The molecule has 1 aliphatic rings. The second kappa shape index (κ2) is 5.61. The Morgan fingerprint density at radius 2 is 2.11 bits per heavy atom. The summed E-state index contributed by atoms with van der Waals surface area (Å²) in [5, 5.41) is 0.373. The van der Waals surface area contributed by atoms with Crippen LogP contribution < -0.4 is 0 Å². The third-order valence-electron chi connectivity index (χ3n) is 3.33. The quantitative estimate of drug-likeness (QED) is 0.862. The highest BCUT2D eigenvalue weighted by Crippen LogP contribution is 2.27. The number of nitrogens with zero attached hydrogens (tertiary/aromatic N) is 1. The molecule has 1 fully saturated rings. The summed E-state index contributed by atoms with van der Waals surface area (Å²) in [6.45, 7) is 1.83. The van der Waals surface area contributed by atoms with Crippen LogP contribution in [-0.2, 0) is 14.8 Å². The molecule has 0 amide bonds. The summed E-state index contributed by atoms with van der Waals surface area (Å²) in [5.41, 5.74) is 0. The largest absolute Gasteiger partial charge is 0.298 e.